The highest BCUT2D eigenvalue weighted by molar-refractivity contribution is 9.10. The molecule has 0 radical (unpaired) electrons. The molecule has 0 fully saturated rings. The zero-order chi connectivity index (χ0) is 13.0. The number of halogens is 3. The maximum atomic E-state index is 13.3. The fraction of sp³-hybridized carbons (Fsp3) is 0.154. The van der Waals surface area contributed by atoms with Gasteiger partial charge in [0.25, 0.3) is 0 Å². The van der Waals surface area contributed by atoms with Gasteiger partial charge < -0.3 is 4.74 Å². The van der Waals surface area contributed by atoms with Crippen molar-refractivity contribution in [2.45, 2.75) is 11.9 Å². The first-order chi connectivity index (χ1) is 8.67. The van der Waals surface area contributed by atoms with Crippen LogP contribution in [-0.2, 0) is 11.9 Å². The van der Waals surface area contributed by atoms with Gasteiger partial charge >= 0.3 is 0 Å². The van der Waals surface area contributed by atoms with Gasteiger partial charge in [0.2, 0.25) is 0 Å². The molecule has 2 rings (SSSR count). The number of hydrogen-bond acceptors (Lipinski definition) is 2. The van der Waals surface area contributed by atoms with Gasteiger partial charge in [0.15, 0.2) is 0 Å². The summed E-state index contributed by atoms with van der Waals surface area (Å²) < 4.78 is 19.7. The van der Waals surface area contributed by atoms with Crippen LogP contribution in [0.2, 0.25) is 0 Å². The van der Waals surface area contributed by atoms with Gasteiger partial charge in [-0.05, 0) is 45.8 Å². The predicted molar refractivity (Wildman–Crippen MR) is 75.3 cm³/mol. The summed E-state index contributed by atoms with van der Waals surface area (Å²) in [6.07, 6.45) is 1.70. The third-order valence-electron chi connectivity index (χ3n) is 2.26. The van der Waals surface area contributed by atoms with Gasteiger partial charge in [-0.3, -0.25) is 4.98 Å². The minimum atomic E-state index is -0.300. The molecule has 0 saturated carbocycles. The monoisotopic (exact) mass is 373 g/mol. The summed E-state index contributed by atoms with van der Waals surface area (Å²) in [5.41, 5.74) is 1.64. The van der Waals surface area contributed by atoms with Crippen LogP contribution in [0.15, 0.2) is 41.0 Å². The zero-order valence-electron chi connectivity index (χ0n) is 9.37. The standard InChI is InChI=1S/C13H10Br2FNO/c14-6-9-3-11(16)5-13(4-9)18-8-12-2-1-10(15)7-17-12/h1-5,7H,6,8H2. The first-order valence-electron chi connectivity index (χ1n) is 5.26. The molecule has 2 nitrogen and oxygen atoms in total. The summed E-state index contributed by atoms with van der Waals surface area (Å²) >= 11 is 6.60. The average Bonchev–Trinajstić information content (AvgIpc) is 2.37. The first kappa shape index (κ1) is 13.5. The van der Waals surface area contributed by atoms with Crippen LogP contribution in [0, 0.1) is 5.82 Å². The van der Waals surface area contributed by atoms with Crippen LogP contribution in [-0.4, -0.2) is 4.98 Å². The lowest BCUT2D eigenvalue weighted by atomic mass is 10.2. The van der Waals surface area contributed by atoms with E-state index in [4.69, 9.17) is 4.74 Å². The summed E-state index contributed by atoms with van der Waals surface area (Å²) in [7, 11) is 0. The highest BCUT2D eigenvalue weighted by Crippen LogP contribution is 2.19. The van der Waals surface area contributed by atoms with Crippen LogP contribution in [0.3, 0.4) is 0 Å². The van der Waals surface area contributed by atoms with E-state index in [9.17, 15) is 4.39 Å². The maximum Gasteiger partial charge on any atom is 0.130 e. The van der Waals surface area contributed by atoms with E-state index in [2.05, 4.69) is 36.8 Å². The number of aromatic nitrogens is 1. The topological polar surface area (TPSA) is 22.1 Å². The molecule has 0 aliphatic rings. The van der Waals surface area contributed by atoms with Crippen LogP contribution in [0.5, 0.6) is 5.75 Å². The van der Waals surface area contributed by atoms with Crippen LogP contribution >= 0.6 is 31.9 Å². The molecule has 1 aromatic carbocycles. The van der Waals surface area contributed by atoms with Gasteiger partial charge in [0.1, 0.15) is 18.2 Å². The van der Waals surface area contributed by atoms with Crippen molar-refractivity contribution in [2.75, 3.05) is 0 Å². The van der Waals surface area contributed by atoms with Gasteiger partial charge in [-0.1, -0.05) is 15.9 Å². The number of ether oxygens (including phenoxy) is 1. The van der Waals surface area contributed by atoms with E-state index in [1.54, 1.807) is 12.3 Å². The molecule has 0 N–H and O–H groups in total. The highest BCUT2D eigenvalue weighted by Gasteiger charge is 2.02. The molecule has 94 valence electrons. The van der Waals surface area contributed by atoms with Crippen LogP contribution in [0.4, 0.5) is 4.39 Å². The molecule has 1 aromatic heterocycles. The number of nitrogens with zero attached hydrogens (tertiary/aromatic N) is 1. The summed E-state index contributed by atoms with van der Waals surface area (Å²) in [4.78, 5) is 4.18. The Hall–Kier alpha value is -0.940. The fourth-order valence-electron chi connectivity index (χ4n) is 1.43. The summed E-state index contributed by atoms with van der Waals surface area (Å²) in [5.74, 6) is 0.208. The molecule has 0 unspecified atom stereocenters. The average molecular weight is 375 g/mol. The van der Waals surface area contributed by atoms with Gasteiger partial charge in [-0.25, -0.2) is 4.39 Å². The Morgan fingerprint density at radius 1 is 1.22 bits per heavy atom. The lowest BCUT2D eigenvalue weighted by molar-refractivity contribution is 0.299. The molecule has 2 aromatic rings. The molecule has 0 atom stereocenters. The van der Waals surface area contributed by atoms with Crippen molar-refractivity contribution >= 4 is 31.9 Å². The predicted octanol–water partition coefficient (Wildman–Crippen LogP) is 4.46. The van der Waals surface area contributed by atoms with Crippen molar-refractivity contribution in [3.05, 3.63) is 58.1 Å². The second-order valence-corrected chi connectivity index (χ2v) is 5.16. The Kier molecular flexibility index (Phi) is 4.72. The quantitative estimate of drug-likeness (QED) is 0.737. The fourth-order valence-corrected chi connectivity index (χ4v) is 1.99. The Labute approximate surface area is 121 Å². The third kappa shape index (κ3) is 3.78. The largest absolute Gasteiger partial charge is 0.487 e. The summed E-state index contributed by atoms with van der Waals surface area (Å²) in [5, 5.41) is 0.595. The first-order valence-corrected chi connectivity index (χ1v) is 7.17. The minimum Gasteiger partial charge on any atom is -0.487 e. The van der Waals surface area contributed by atoms with Gasteiger partial charge in [0.05, 0.1) is 5.69 Å². The number of pyridine rings is 1. The normalized spacial score (nSPS) is 10.4. The van der Waals surface area contributed by atoms with E-state index in [-0.39, 0.29) is 5.82 Å². The van der Waals surface area contributed by atoms with E-state index in [1.807, 2.05) is 12.1 Å². The second kappa shape index (κ2) is 6.29. The van der Waals surface area contributed by atoms with Crippen LogP contribution < -0.4 is 4.74 Å². The molecule has 0 bridgehead atoms. The third-order valence-corrected chi connectivity index (χ3v) is 3.38. The lowest BCUT2D eigenvalue weighted by Crippen LogP contribution is -1.98. The minimum absolute atomic E-state index is 0.300. The van der Waals surface area contributed by atoms with E-state index in [0.29, 0.717) is 17.7 Å². The smallest absolute Gasteiger partial charge is 0.130 e. The van der Waals surface area contributed by atoms with Crippen molar-refractivity contribution in [1.82, 2.24) is 4.98 Å². The van der Waals surface area contributed by atoms with Crippen molar-refractivity contribution in [3.8, 4) is 5.75 Å². The van der Waals surface area contributed by atoms with Gasteiger partial charge in [-0.15, -0.1) is 0 Å². The Bertz CT molecular complexity index is 531. The second-order valence-electron chi connectivity index (χ2n) is 3.69. The van der Waals surface area contributed by atoms with Crippen molar-refractivity contribution in [2.24, 2.45) is 0 Å². The Balaban J connectivity index is 2.05. The van der Waals surface area contributed by atoms with Crippen molar-refractivity contribution in [1.29, 1.82) is 0 Å². The molecule has 18 heavy (non-hydrogen) atoms. The SMILES string of the molecule is Fc1cc(CBr)cc(OCc2ccc(Br)cn2)c1. The van der Waals surface area contributed by atoms with Crippen molar-refractivity contribution in [3.63, 3.8) is 0 Å². The lowest BCUT2D eigenvalue weighted by Gasteiger charge is -2.07. The van der Waals surface area contributed by atoms with E-state index < -0.39 is 0 Å². The molecule has 5 heteroatoms. The zero-order valence-corrected chi connectivity index (χ0v) is 12.5. The van der Waals surface area contributed by atoms with Crippen LogP contribution in [0.25, 0.3) is 0 Å². The molecule has 1 heterocycles. The van der Waals surface area contributed by atoms with Crippen LogP contribution in [0.1, 0.15) is 11.3 Å². The van der Waals surface area contributed by atoms with E-state index in [1.165, 1.54) is 12.1 Å². The number of rotatable bonds is 4. The van der Waals surface area contributed by atoms with Gasteiger partial charge in [0, 0.05) is 22.1 Å². The van der Waals surface area contributed by atoms with Gasteiger partial charge in [-0.2, -0.15) is 0 Å². The van der Waals surface area contributed by atoms with Crippen molar-refractivity contribution < 1.29 is 9.13 Å². The summed E-state index contributed by atoms with van der Waals surface area (Å²) in [6, 6.07) is 8.39. The van der Waals surface area contributed by atoms with E-state index in [0.717, 1.165) is 15.7 Å². The molecule has 0 spiro atoms. The molecular weight excluding hydrogens is 365 g/mol. The summed E-state index contributed by atoms with van der Waals surface area (Å²) in [6.45, 7) is 0.318. The highest BCUT2D eigenvalue weighted by atomic mass is 79.9. The Morgan fingerprint density at radius 3 is 2.72 bits per heavy atom. The molecular formula is C13H10Br2FNO. The Morgan fingerprint density at radius 2 is 2.06 bits per heavy atom. The molecule has 0 amide bonds. The molecule has 0 aliphatic heterocycles. The maximum absolute atomic E-state index is 13.3. The number of benzene rings is 1. The number of alkyl halides is 1. The molecule has 0 aliphatic carbocycles. The van der Waals surface area contributed by atoms with E-state index >= 15 is 0 Å². The number of hydrogen-bond donors (Lipinski definition) is 0. The molecule has 0 saturated heterocycles.